The van der Waals surface area contributed by atoms with E-state index in [0.29, 0.717) is 24.4 Å². The number of furan rings is 1. The van der Waals surface area contributed by atoms with E-state index in [0.717, 1.165) is 17.1 Å². The maximum absolute atomic E-state index is 13.4. The van der Waals surface area contributed by atoms with Crippen molar-refractivity contribution < 1.29 is 14.0 Å². The summed E-state index contributed by atoms with van der Waals surface area (Å²) in [5.74, 6) is -0.413. The minimum absolute atomic E-state index is 0.169. The van der Waals surface area contributed by atoms with Crippen LogP contribution in [0.3, 0.4) is 0 Å². The highest BCUT2D eigenvalue weighted by atomic mass is 32.1. The molecular formula is C23H20N4O3S. The Morgan fingerprint density at radius 3 is 2.39 bits per heavy atom. The molecule has 0 unspecified atom stereocenters. The molecule has 7 nitrogen and oxygen atoms in total. The van der Waals surface area contributed by atoms with E-state index in [2.05, 4.69) is 14.9 Å². The molecule has 0 aliphatic carbocycles. The monoisotopic (exact) mass is 432 g/mol. The molecule has 1 N–H and O–H groups in total. The van der Waals surface area contributed by atoms with Crippen molar-refractivity contribution in [2.45, 2.75) is 12.5 Å². The summed E-state index contributed by atoms with van der Waals surface area (Å²) >= 11 is 1.08. The van der Waals surface area contributed by atoms with Crippen LogP contribution in [0.5, 0.6) is 0 Å². The molecule has 0 fully saturated rings. The van der Waals surface area contributed by atoms with E-state index in [9.17, 15) is 9.59 Å². The second-order valence-electron chi connectivity index (χ2n) is 6.75. The molecule has 1 atom stereocenters. The summed E-state index contributed by atoms with van der Waals surface area (Å²) in [5, 5.41) is 8.41. The Bertz CT molecular complexity index is 1100. The summed E-state index contributed by atoms with van der Waals surface area (Å²) in [6.45, 7) is 0.426. The van der Waals surface area contributed by atoms with Crippen LogP contribution in [-0.4, -0.2) is 27.9 Å². The number of benzene rings is 2. The Morgan fingerprint density at radius 1 is 1.00 bits per heavy atom. The van der Waals surface area contributed by atoms with E-state index >= 15 is 0 Å². The number of amides is 2. The fraction of sp³-hybridized carbons (Fsp3) is 0.130. The zero-order chi connectivity index (χ0) is 21.5. The summed E-state index contributed by atoms with van der Waals surface area (Å²) in [4.78, 5) is 28.1. The maximum Gasteiger partial charge on any atom is 0.280 e. The standard InChI is InChI=1S/C23H20N4O3S/c28-22(24-14-13-17-8-3-1-4-9-17)21(20-12-7-15-30-20)27(18-10-5-2-6-11-18)23(29)19-16-31-26-25-19/h1-12,15-16,21H,13-14H2,(H,24,28)/t21-/m1/s1. The molecule has 0 aliphatic heterocycles. The van der Waals surface area contributed by atoms with Crippen molar-refractivity contribution in [2.24, 2.45) is 0 Å². The summed E-state index contributed by atoms with van der Waals surface area (Å²) in [6.07, 6.45) is 2.16. The maximum atomic E-state index is 13.4. The Morgan fingerprint density at radius 2 is 1.74 bits per heavy atom. The molecule has 0 aliphatic rings. The minimum Gasteiger partial charge on any atom is -0.467 e. The SMILES string of the molecule is O=C(NCCc1ccccc1)[C@@H](c1ccco1)N(C(=O)c1csnn1)c1ccccc1. The highest BCUT2D eigenvalue weighted by Gasteiger charge is 2.36. The van der Waals surface area contributed by atoms with Crippen LogP contribution in [-0.2, 0) is 11.2 Å². The number of carbonyl (C=O) groups is 2. The highest BCUT2D eigenvalue weighted by molar-refractivity contribution is 7.03. The molecule has 31 heavy (non-hydrogen) atoms. The van der Waals surface area contributed by atoms with Crippen LogP contribution >= 0.6 is 11.5 Å². The number of hydrogen-bond donors (Lipinski definition) is 1. The topological polar surface area (TPSA) is 88.3 Å². The average Bonchev–Trinajstić information content (AvgIpc) is 3.53. The molecule has 4 rings (SSSR count). The van der Waals surface area contributed by atoms with Crippen molar-refractivity contribution >= 4 is 29.0 Å². The zero-order valence-corrected chi connectivity index (χ0v) is 17.4. The predicted molar refractivity (Wildman–Crippen MR) is 118 cm³/mol. The molecule has 0 bridgehead atoms. The van der Waals surface area contributed by atoms with Gasteiger partial charge in [-0.05, 0) is 47.8 Å². The van der Waals surface area contributed by atoms with E-state index in [1.807, 2.05) is 36.4 Å². The van der Waals surface area contributed by atoms with Gasteiger partial charge in [-0.3, -0.25) is 14.5 Å². The van der Waals surface area contributed by atoms with Gasteiger partial charge in [0.05, 0.1) is 6.26 Å². The molecule has 0 radical (unpaired) electrons. The van der Waals surface area contributed by atoms with Gasteiger partial charge in [0.1, 0.15) is 5.76 Å². The largest absolute Gasteiger partial charge is 0.467 e. The van der Waals surface area contributed by atoms with Crippen molar-refractivity contribution in [2.75, 3.05) is 11.4 Å². The fourth-order valence-electron chi connectivity index (χ4n) is 3.25. The second kappa shape index (κ2) is 9.82. The molecule has 2 aromatic heterocycles. The Hall–Kier alpha value is -3.78. The first-order chi connectivity index (χ1) is 15.2. The van der Waals surface area contributed by atoms with Gasteiger partial charge in [-0.1, -0.05) is 53.0 Å². The lowest BCUT2D eigenvalue weighted by molar-refractivity contribution is -0.122. The van der Waals surface area contributed by atoms with Gasteiger partial charge in [-0.25, -0.2) is 0 Å². The van der Waals surface area contributed by atoms with Crippen LogP contribution in [0, 0.1) is 0 Å². The molecular weight excluding hydrogens is 412 g/mol. The Balaban J connectivity index is 1.63. The van der Waals surface area contributed by atoms with E-state index in [4.69, 9.17) is 4.42 Å². The van der Waals surface area contributed by atoms with Crippen molar-refractivity contribution in [3.63, 3.8) is 0 Å². The van der Waals surface area contributed by atoms with Gasteiger partial charge in [-0.2, -0.15) is 0 Å². The number of carbonyl (C=O) groups excluding carboxylic acids is 2. The van der Waals surface area contributed by atoms with E-state index in [1.54, 1.807) is 41.8 Å². The number of nitrogens with one attached hydrogen (secondary N) is 1. The number of hydrogen-bond acceptors (Lipinski definition) is 6. The van der Waals surface area contributed by atoms with Gasteiger partial charge in [0.25, 0.3) is 11.8 Å². The van der Waals surface area contributed by atoms with Crippen molar-refractivity contribution in [1.29, 1.82) is 0 Å². The average molecular weight is 433 g/mol. The molecule has 2 amide bonds. The molecule has 156 valence electrons. The van der Waals surface area contributed by atoms with Crippen LogP contribution in [0.25, 0.3) is 0 Å². The van der Waals surface area contributed by atoms with Gasteiger partial charge in [0.15, 0.2) is 11.7 Å². The number of anilines is 1. The first-order valence-electron chi connectivity index (χ1n) is 9.75. The number of nitrogens with zero attached hydrogens (tertiary/aromatic N) is 3. The second-order valence-corrected chi connectivity index (χ2v) is 7.36. The van der Waals surface area contributed by atoms with Gasteiger partial charge in [0, 0.05) is 17.6 Å². The van der Waals surface area contributed by atoms with E-state index in [1.165, 1.54) is 11.2 Å². The summed E-state index contributed by atoms with van der Waals surface area (Å²) in [5.41, 5.74) is 1.84. The van der Waals surface area contributed by atoms with Crippen molar-refractivity contribution in [3.8, 4) is 0 Å². The quantitative estimate of drug-likeness (QED) is 0.457. The zero-order valence-electron chi connectivity index (χ0n) is 16.5. The number of aromatic nitrogens is 2. The van der Waals surface area contributed by atoms with Crippen molar-refractivity contribution in [3.05, 3.63) is 101 Å². The molecule has 8 heteroatoms. The molecule has 0 saturated carbocycles. The smallest absolute Gasteiger partial charge is 0.280 e. The fourth-order valence-corrected chi connectivity index (χ4v) is 3.68. The van der Waals surface area contributed by atoms with Crippen LogP contribution in [0.15, 0.2) is 88.9 Å². The van der Waals surface area contributed by atoms with Crippen LogP contribution in [0.1, 0.15) is 27.9 Å². The minimum atomic E-state index is -0.998. The first-order valence-corrected chi connectivity index (χ1v) is 10.6. The Labute approximate surface area is 183 Å². The van der Waals surface area contributed by atoms with Gasteiger partial charge >= 0.3 is 0 Å². The van der Waals surface area contributed by atoms with Crippen LogP contribution in [0.2, 0.25) is 0 Å². The van der Waals surface area contributed by atoms with Gasteiger partial charge in [0.2, 0.25) is 0 Å². The first kappa shape index (κ1) is 20.5. The van der Waals surface area contributed by atoms with E-state index in [-0.39, 0.29) is 11.6 Å². The summed E-state index contributed by atoms with van der Waals surface area (Å²) in [6, 6.07) is 21.3. The van der Waals surface area contributed by atoms with Crippen LogP contribution < -0.4 is 10.2 Å². The third kappa shape index (κ3) is 4.87. The van der Waals surface area contributed by atoms with Crippen LogP contribution in [0.4, 0.5) is 5.69 Å². The normalized spacial score (nSPS) is 11.6. The van der Waals surface area contributed by atoms with Gasteiger partial charge < -0.3 is 9.73 Å². The Kier molecular flexibility index (Phi) is 6.49. The summed E-state index contributed by atoms with van der Waals surface area (Å²) in [7, 11) is 0. The van der Waals surface area contributed by atoms with Crippen molar-refractivity contribution in [1.82, 2.24) is 14.9 Å². The summed E-state index contributed by atoms with van der Waals surface area (Å²) < 4.78 is 9.35. The highest BCUT2D eigenvalue weighted by Crippen LogP contribution is 2.29. The molecule has 0 saturated heterocycles. The molecule has 2 heterocycles. The molecule has 4 aromatic rings. The number of rotatable bonds is 8. The third-order valence-electron chi connectivity index (χ3n) is 4.71. The third-order valence-corrected chi connectivity index (χ3v) is 5.21. The number of para-hydroxylation sites is 1. The van der Waals surface area contributed by atoms with Gasteiger partial charge in [-0.15, -0.1) is 5.10 Å². The lowest BCUT2D eigenvalue weighted by Gasteiger charge is -2.29. The predicted octanol–water partition coefficient (Wildman–Crippen LogP) is 3.88. The lowest BCUT2D eigenvalue weighted by Crippen LogP contribution is -2.44. The van der Waals surface area contributed by atoms with E-state index < -0.39 is 11.9 Å². The molecule has 2 aromatic carbocycles. The lowest BCUT2D eigenvalue weighted by atomic mass is 10.1. The molecule has 0 spiro atoms.